The van der Waals surface area contributed by atoms with Gasteiger partial charge in [-0.05, 0) is 66.7 Å². The van der Waals surface area contributed by atoms with Crippen molar-refractivity contribution in [3.05, 3.63) is 41.5 Å². The summed E-state index contributed by atoms with van der Waals surface area (Å²) in [5, 5.41) is 4.13. The van der Waals surface area contributed by atoms with E-state index in [1.165, 1.54) is 28.4 Å². The Kier molecular flexibility index (Phi) is 4.91. The molecule has 0 unspecified atom stereocenters. The number of carbonyl (C=O) groups is 1. The third kappa shape index (κ3) is 3.31. The molecule has 0 spiro atoms. The molecule has 4 aliphatic rings. The Balaban J connectivity index is 1.44. The first-order valence-corrected chi connectivity index (χ1v) is 11.4. The van der Waals surface area contributed by atoms with Gasteiger partial charge in [-0.2, -0.15) is 9.41 Å². The molecule has 0 aromatic heterocycles. The van der Waals surface area contributed by atoms with Gasteiger partial charge in [-0.1, -0.05) is 26.0 Å². The molecule has 1 amide bonds. The van der Waals surface area contributed by atoms with E-state index in [1.807, 2.05) is 0 Å². The van der Waals surface area contributed by atoms with Crippen molar-refractivity contribution in [2.45, 2.75) is 44.4 Å². The van der Waals surface area contributed by atoms with E-state index in [0.717, 1.165) is 25.2 Å². The first-order valence-electron chi connectivity index (χ1n) is 9.94. The number of carbonyl (C=O) groups excluding carboxylic acids is 1. The number of nitrogens with one attached hydrogen (secondary N) is 1. The molecule has 28 heavy (non-hydrogen) atoms. The Bertz CT molecular complexity index is 943. The molecular formula is C21H27N3O3S. The molecule has 2 bridgehead atoms. The maximum absolute atomic E-state index is 12.7. The maximum atomic E-state index is 12.7. The van der Waals surface area contributed by atoms with Gasteiger partial charge in [0, 0.05) is 18.7 Å². The average molecular weight is 402 g/mol. The Morgan fingerprint density at radius 2 is 2.04 bits per heavy atom. The molecule has 7 heteroatoms. The molecule has 1 saturated heterocycles. The lowest BCUT2D eigenvalue weighted by Gasteiger charge is -2.55. The van der Waals surface area contributed by atoms with E-state index in [0.29, 0.717) is 30.0 Å². The molecule has 1 heterocycles. The average Bonchev–Trinajstić information content (AvgIpc) is 3.23. The standard InChI is InChI=1S/C21H27N3O3S/c1-21(2)17-9-8-16(19(21)13-17)14-22-23-20(25)15-6-5-7-18(12-15)28(26,27)24-10-3-4-11-24/h5-8,12,14,17,19H,3-4,9-11,13H2,1-2H3,(H,23,25)/b22-14+/t17-,19+/m0/s1. The topological polar surface area (TPSA) is 78.8 Å². The van der Waals surface area contributed by atoms with Crippen molar-refractivity contribution in [3.8, 4) is 0 Å². The minimum Gasteiger partial charge on any atom is -0.267 e. The zero-order chi connectivity index (χ0) is 19.9. The summed E-state index contributed by atoms with van der Waals surface area (Å²) in [6.45, 7) is 5.65. The highest BCUT2D eigenvalue weighted by Crippen LogP contribution is 2.58. The number of nitrogens with zero attached hydrogens (tertiary/aromatic N) is 2. The minimum atomic E-state index is -3.54. The van der Waals surface area contributed by atoms with Crippen LogP contribution in [0.5, 0.6) is 0 Å². The van der Waals surface area contributed by atoms with E-state index in [1.54, 1.807) is 18.3 Å². The molecule has 1 aromatic carbocycles. The molecular weight excluding hydrogens is 374 g/mol. The second kappa shape index (κ2) is 7.12. The largest absolute Gasteiger partial charge is 0.271 e. The zero-order valence-corrected chi connectivity index (χ0v) is 17.2. The number of fused-ring (bicyclic) bond motifs is 1. The van der Waals surface area contributed by atoms with Gasteiger partial charge in [-0.25, -0.2) is 13.8 Å². The van der Waals surface area contributed by atoms with E-state index in [-0.39, 0.29) is 4.90 Å². The summed E-state index contributed by atoms with van der Waals surface area (Å²) in [6, 6.07) is 6.17. The smallest absolute Gasteiger partial charge is 0.267 e. The molecule has 6 nitrogen and oxygen atoms in total. The fourth-order valence-corrected chi connectivity index (χ4v) is 6.21. The number of hydrogen-bond acceptors (Lipinski definition) is 4. The highest BCUT2D eigenvalue weighted by atomic mass is 32.2. The van der Waals surface area contributed by atoms with Gasteiger partial charge in [0.25, 0.3) is 5.91 Å². The normalized spacial score (nSPS) is 26.7. The molecule has 1 aromatic rings. The third-order valence-electron chi connectivity index (χ3n) is 6.69. The molecule has 0 radical (unpaired) electrons. The molecule has 5 rings (SSSR count). The lowest BCUT2D eigenvalue weighted by Crippen LogP contribution is -2.48. The molecule has 3 aliphatic carbocycles. The van der Waals surface area contributed by atoms with Crippen LogP contribution in [0.25, 0.3) is 0 Å². The van der Waals surface area contributed by atoms with Crippen molar-refractivity contribution >= 4 is 22.1 Å². The van der Waals surface area contributed by atoms with Crippen LogP contribution < -0.4 is 5.43 Å². The number of hydrogen-bond donors (Lipinski definition) is 1. The minimum absolute atomic E-state index is 0.156. The highest BCUT2D eigenvalue weighted by molar-refractivity contribution is 7.89. The summed E-state index contributed by atoms with van der Waals surface area (Å²) < 4.78 is 26.9. The van der Waals surface area contributed by atoms with Crippen LogP contribution >= 0.6 is 0 Å². The number of hydrazone groups is 1. The lowest BCUT2D eigenvalue weighted by atomic mass is 9.49. The number of amides is 1. The van der Waals surface area contributed by atoms with Crippen molar-refractivity contribution in [2.24, 2.45) is 22.4 Å². The number of benzene rings is 1. The molecule has 1 aliphatic heterocycles. The fourth-order valence-electron chi connectivity index (χ4n) is 4.65. The van der Waals surface area contributed by atoms with Crippen molar-refractivity contribution < 1.29 is 13.2 Å². The highest BCUT2D eigenvalue weighted by Gasteiger charge is 2.50. The zero-order valence-electron chi connectivity index (χ0n) is 16.4. The summed E-state index contributed by atoms with van der Waals surface area (Å²) in [5.74, 6) is 0.849. The van der Waals surface area contributed by atoms with Crippen molar-refractivity contribution in [1.82, 2.24) is 9.73 Å². The summed E-state index contributed by atoms with van der Waals surface area (Å²) in [6.07, 6.45) is 7.96. The van der Waals surface area contributed by atoms with Crippen molar-refractivity contribution in [3.63, 3.8) is 0 Å². The fraction of sp³-hybridized carbons (Fsp3) is 0.524. The summed E-state index contributed by atoms with van der Waals surface area (Å²) >= 11 is 0. The van der Waals surface area contributed by atoms with E-state index >= 15 is 0 Å². The predicted molar refractivity (Wildman–Crippen MR) is 108 cm³/mol. The van der Waals surface area contributed by atoms with Crippen LogP contribution in [0.3, 0.4) is 0 Å². The second-order valence-corrected chi connectivity index (χ2v) is 10.5. The number of allylic oxidation sites excluding steroid dienone is 2. The van der Waals surface area contributed by atoms with E-state index in [4.69, 9.17) is 0 Å². The van der Waals surface area contributed by atoms with Gasteiger partial charge in [0.05, 0.1) is 11.1 Å². The van der Waals surface area contributed by atoms with Gasteiger partial charge < -0.3 is 0 Å². The Labute approximate surface area is 166 Å². The summed E-state index contributed by atoms with van der Waals surface area (Å²) in [4.78, 5) is 12.6. The molecule has 2 fully saturated rings. The summed E-state index contributed by atoms with van der Waals surface area (Å²) in [5.41, 5.74) is 4.31. The van der Waals surface area contributed by atoms with Crippen LogP contribution in [0.15, 0.2) is 45.9 Å². The van der Waals surface area contributed by atoms with E-state index < -0.39 is 15.9 Å². The molecule has 1 saturated carbocycles. The second-order valence-electron chi connectivity index (χ2n) is 8.58. The number of sulfonamides is 1. The molecule has 1 N–H and O–H groups in total. The van der Waals surface area contributed by atoms with Crippen LogP contribution in [0, 0.1) is 17.3 Å². The SMILES string of the molecule is CC1(C)[C@H]2CC=C(/C=N/NC(=O)c3cccc(S(=O)(=O)N4CCCC4)c3)[C@H]1C2. The Morgan fingerprint density at radius 3 is 2.71 bits per heavy atom. The van der Waals surface area contributed by atoms with E-state index in [9.17, 15) is 13.2 Å². The number of rotatable bonds is 5. The molecule has 150 valence electrons. The maximum Gasteiger partial charge on any atom is 0.271 e. The first-order chi connectivity index (χ1) is 13.3. The van der Waals surface area contributed by atoms with Crippen LogP contribution in [-0.2, 0) is 10.0 Å². The monoisotopic (exact) mass is 401 g/mol. The van der Waals surface area contributed by atoms with Gasteiger partial charge in [0.2, 0.25) is 10.0 Å². The van der Waals surface area contributed by atoms with Gasteiger partial charge in [0.15, 0.2) is 0 Å². The summed E-state index contributed by atoms with van der Waals surface area (Å²) in [7, 11) is -3.54. The van der Waals surface area contributed by atoms with Crippen LogP contribution in [0.2, 0.25) is 0 Å². The first kappa shape index (κ1) is 19.3. The third-order valence-corrected chi connectivity index (χ3v) is 8.58. The van der Waals surface area contributed by atoms with Crippen LogP contribution in [0.1, 0.15) is 49.9 Å². The van der Waals surface area contributed by atoms with Crippen LogP contribution in [-0.4, -0.2) is 37.9 Å². The van der Waals surface area contributed by atoms with Crippen molar-refractivity contribution in [1.29, 1.82) is 0 Å². The lowest BCUT2D eigenvalue weighted by molar-refractivity contribution is -0.00126. The Hall–Kier alpha value is -1.99. The Morgan fingerprint density at radius 1 is 1.29 bits per heavy atom. The van der Waals surface area contributed by atoms with Gasteiger partial charge in [-0.3, -0.25) is 4.79 Å². The van der Waals surface area contributed by atoms with E-state index in [2.05, 4.69) is 30.5 Å². The van der Waals surface area contributed by atoms with Gasteiger partial charge >= 0.3 is 0 Å². The van der Waals surface area contributed by atoms with Crippen LogP contribution in [0.4, 0.5) is 0 Å². The van der Waals surface area contributed by atoms with Gasteiger partial charge in [-0.15, -0.1) is 0 Å². The van der Waals surface area contributed by atoms with Crippen molar-refractivity contribution in [2.75, 3.05) is 13.1 Å². The molecule has 2 atom stereocenters. The van der Waals surface area contributed by atoms with Gasteiger partial charge in [0.1, 0.15) is 0 Å². The quantitative estimate of drug-likeness (QED) is 0.608. The predicted octanol–water partition coefficient (Wildman–Crippen LogP) is 3.18.